The van der Waals surface area contributed by atoms with E-state index in [-0.39, 0.29) is 33.6 Å². The normalized spacial score (nSPS) is 19.0. The van der Waals surface area contributed by atoms with Crippen molar-refractivity contribution in [3.63, 3.8) is 0 Å². The molecular formula is C42H34O12. The summed E-state index contributed by atoms with van der Waals surface area (Å²) in [6, 6.07) is 38.1. The molecule has 0 aromatic heterocycles. The topological polar surface area (TPSA) is 150 Å². The molecule has 5 atom stereocenters. The summed E-state index contributed by atoms with van der Waals surface area (Å²) >= 11 is 0. The lowest BCUT2D eigenvalue weighted by Crippen LogP contribution is -2.63. The van der Waals surface area contributed by atoms with Crippen LogP contribution in [0.25, 0.3) is 0 Å². The molecular weight excluding hydrogens is 696 g/mol. The molecule has 12 heteroatoms. The minimum absolute atomic E-state index is 0.000694. The number of benzene rings is 5. The highest BCUT2D eigenvalue weighted by molar-refractivity contribution is 5.93. The van der Waals surface area contributed by atoms with Crippen LogP contribution in [0, 0.1) is 0 Å². The number of ether oxygens (including phenoxy) is 7. The molecule has 1 saturated heterocycles. The van der Waals surface area contributed by atoms with Crippen LogP contribution in [0.3, 0.4) is 0 Å². The second-order valence-corrected chi connectivity index (χ2v) is 11.8. The van der Waals surface area contributed by atoms with Gasteiger partial charge in [0, 0.05) is 0 Å². The van der Waals surface area contributed by atoms with Gasteiger partial charge in [0.05, 0.1) is 29.4 Å². The molecule has 0 unspecified atom stereocenters. The Labute approximate surface area is 310 Å². The summed E-state index contributed by atoms with van der Waals surface area (Å²) < 4.78 is 41.0. The highest BCUT2D eigenvalue weighted by Crippen LogP contribution is 2.33. The minimum atomic E-state index is -1.81. The molecule has 0 saturated carbocycles. The Morgan fingerprint density at radius 1 is 0.463 bits per heavy atom. The molecule has 6 rings (SSSR count). The van der Waals surface area contributed by atoms with Crippen LogP contribution >= 0.6 is 0 Å². The van der Waals surface area contributed by atoms with Gasteiger partial charge >= 0.3 is 29.8 Å². The van der Waals surface area contributed by atoms with E-state index < -0.39 is 67.2 Å². The number of carbonyl (C=O) groups excluding carboxylic acids is 5. The SMILES string of the molecule is COc1ccccc1C(=O)O[C@@H]1O[C@H](COC(=O)c2ccccc2)[C@@H](OC(=O)c2ccccc2)[C@H](OC(=O)c2ccccc2)[C@H]1OC(=O)c1ccccc1. The molecule has 1 aliphatic heterocycles. The summed E-state index contributed by atoms with van der Waals surface area (Å²) in [6.45, 7) is -0.581. The van der Waals surface area contributed by atoms with Crippen molar-refractivity contribution in [2.24, 2.45) is 0 Å². The zero-order valence-corrected chi connectivity index (χ0v) is 28.8. The van der Waals surface area contributed by atoms with Crippen molar-refractivity contribution in [2.75, 3.05) is 13.7 Å². The van der Waals surface area contributed by atoms with Crippen molar-refractivity contribution in [2.45, 2.75) is 30.7 Å². The standard InChI is InChI=1S/C42H34O12/c1-48-32-25-15-14-24-31(32)41(47)54-42-36(53-40(46)30-22-12-5-13-23-30)35(52-39(45)29-20-10-4-11-21-29)34(51-38(44)28-18-8-3-9-19-28)33(50-42)26-49-37(43)27-16-6-2-7-17-27/h2-25,33-36,42H,26H2,1H3/t33-,34-,35+,36-,42+/m1/s1. The van der Waals surface area contributed by atoms with E-state index in [1.165, 1.54) is 61.7 Å². The zero-order valence-electron chi connectivity index (χ0n) is 28.8. The fourth-order valence-electron chi connectivity index (χ4n) is 5.60. The fraction of sp³-hybridized carbons (Fsp3) is 0.167. The molecule has 1 aliphatic rings. The summed E-state index contributed by atoms with van der Waals surface area (Å²) in [6.07, 6.45) is -8.28. The molecule has 5 aromatic carbocycles. The average Bonchev–Trinajstić information content (AvgIpc) is 3.23. The number of hydrogen-bond acceptors (Lipinski definition) is 12. The molecule has 0 radical (unpaired) electrons. The molecule has 54 heavy (non-hydrogen) atoms. The summed E-state index contributed by atoms with van der Waals surface area (Å²) in [5.41, 5.74) is 0.566. The molecule has 1 heterocycles. The first kappa shape index (κ1) is 37.0. The van der Waals surface area contributed by atoms with Crippen LogP contribution in [0.15, 0.2) is 146 Å². The lowest BCUT2D eigenvalue weighted by atomic mass is 9.97. The first-order valence-corrected chi connectivity index (χ1v) is 16.8. The monoisotopic (exact) mass is 730 g/mol. The largest absolute Gasteiger partial charge is 0.496 e. The molecule has 1 fully saturated rings. The Balaban J connectivity index is 1.43. The van der Waals surface area contributed by atoms with E-state index in [0.29, 0.717) is 0 Å². The van der Waals surface area contributed by atoms with E-state index in [0.717, 1.165) is 0 Å². The average molecular weight is 731 g/mol. The van der Waals surface area contributed by atoms with E-state index in [1.807, 2.05) is 0 Å². The summed E-state index contributed by atoms with van der Waals surface area (Å²) in [7, 11) is 1.37. The van der Waals surface area contributed by atoms with E-state index in [1.54, 1.807) is 91.0 Å². The van der Waals surface area contributed by atoms with Gasteiger partial charge in [-0.15, -0.1) is 0 Å². The third-order valence-corrected chi connectivity index (χ3v) is 8.29. The minimum Gasteiger partial charge on any atom is -0.496 e. The van der Waals surface area contributed by atoms with Crippen molar-refractivity contribution in [3.8, 4) is 5.75 Å². The fourth-order valence-corrected chi connectivity index (χ4v) is 5.60. The maximum atomic E-state index is 13.8. The van der Waals surface area contributed by atoms with Crippen molar-refractivity contribution in [1.82, 2.24) is 0 Å². The lowest BCUT2D eigenvalue weighted by Gasteiger charge is -2.43. The lowest BCUT2D eigenvalue weighted by molar-refractivity contribution is -0.282. The van der Waals surface area contributed by atoms with Crippen LogP contribution in [-0.4, -0.2) is 74.3 Å². The number of para-hydroxylation sites is 1. The highest BCUT2D eigenvalue weighted by atomic mass is 16.7. The Bertz CT molecular complexity index is 2050. The highest BCUT2D eigenvalue weighted by Gasteiger charge is 2.55. The molecule has 274 valence electrons. The van der Waals surface area contributed by atoms with Crippen LogP contribution in [0.5, 0.6) is 5.75 Å². The van der Waals surface area contributed by atoms with Crippen LogP contribution in [-0.2, 0) is 28.4 Å². The van der Waals surface area contributed by atoms with Crippen molar-refractivity contribution >= 4 is 29.8 Å². The Morgan fingerprint density at radius 3 is 1.35 bits per heavy atom. The number of hydrogen-bond donors (Lipinski definition) is 0. The predicted octanol–water partition coefficient (Wildman–Crippen LogP) is 6.11. The molecule has 12 nitrogen and oxygen atoms in total. The van der Waals surface area contributed by atoms with Gasteiger partial charge in [-0.25, -0.2) is 24.0 Å². The van der Waals surface area contributed by atoms with Gasteiger partial charge in [-0.1, -0.05) is 84.9 Å². The molecule has 0 bridgehead atoms. The van der Waals surface area contributed by atoms with Gasteiger partial charge < -0.3 is 33.2 Å². The maximum Gasteiger partial charge on any atom is 0.344 e. The quantitative estimate of drug-likeness (QED) is 0.108. The van der Waals surface area contributed by atoms with Crippen molar-refractivity contribution in [3.05, 3.63) is 173 Å². The third kappa shape index (κ3) is 8.98. The van der Waals surface area contributed by atoms with Gasteiger partial charge in [-0.05, 0) is 60.7 Å². The van der Waals surface area contributed by atoms with E-state index in [2.05, 4.69) is 0 Å². The predicted molar refractivity (Wildman–Crippen MR) is 191 cm³/mol. The van der Waals surface area contributed by atoms with Crippen LogP contribution < -0.4 is 4.74 Å². The van der Waals surface area contributed by atoms with Gasteiger partial charge in [0.25, 0.3) is 0 Å². The molecule has 5 aromatic rings. The smallest absolute Gasteiger partial charge is 0.344 e. The number of methoxy groups -OCH3 is 1. The second-order valence-electron chi connectivity index (χ2n) is 11.8. The van der Waals surface area contributed by atoms with E-state index in [9.17, 15) is 24.0 Å². The number of esters is 5. The first-order chi connectivity index (χ1) is 26.3. The maximum absolute atomic E-state index is 13.8. The van der Waals surface area contributed by atoms with Crippen molar-refractivity contribution < 1.29 is 57.1 Å². The van der Waals surface area contributed by atoms with Gasteiger partial charge in [0.1, 0.15) is 24.0 Å². The molecule has 0 amide bonds. The molecule has 0 aliphatic carbocycles. The zero-order chi connectivity index (χ0) is 37.9. The van der Waals surface area contributed by atoms with E-state index >= 15 is 0 Å². The van der Waals surface area contributed by atoms with Gasteiger partial charge in [0.15, 0.2) is 12.2 Å². The van der Waals surface area contributed by atoms with Crippen LogP contribution in [0.1, 0.15) is 51.8 Å². The summed E-state index contributed by atoms with van der Waals surface area (Å²) in [5, 5.41) is 0. The Hall–Kier alpha value is -6.79. The van der Waals surface area contributed by atoms with Gasteiger partial charge in [-0.2, -0.15) is 0 Å². The molecule has 0 N–H and O–H groups in total. The Kier molecular flexibility index (Phi) is 12.1. The van der Waals surface area contributed by atoms with Crippen LogP contribution in [0.4, 0.5) is 0 Å². The van der Waals surface area contributed by atoms with E-state index in [4.69, 9.17) is 33.2 Å². The summed E-state index contributed by atoms with van der Waals surface area (Å²) in [5.74, 6) is -4.17. The van der Waals surface area contributed by atoms with Gasteiger partial charge in [-0.3, -0.25) is 0 Å². The third-order valence-electron chi connectivity index (χ3n) is 8.29. The number of carbonyl (C=O) groups is 5. The number of rotatable bonds is 12. The second kappa shape index (κ2) is 17.6. The summed E-state index contributed by atoms with van der Waals surface area (Å²) in [4.78, 5) is 67.9. The Morgan fingerprint density at radius 2 is 0.870 bits per heavy atom. The first-order valence-electron chi connectivity index (χ1n) is 16.8. The molecule has 0 spiro atoms. The van der Waals surface area contributed by atoms with Crippen LogP contribution in [0.2, 0.25) is 0 Å². The van der Waals surface area contributed by atoms with Gasteiger partial charge in [0.2, 0.25) is 12.4 Å². The van der Waals surface area contributed by atoms with Crippen molar-refractivity contribution in [1.29, 1.82) is 0 Å².